The molecule has 0 bridgehead atoms. The number of para-hydroxylation sites is 1. The molecule has 88 valence electrons. The third-order valence-electron chi connectivity index (χ3n) is 2.56. The van der Waals surface area contributed by atoms with Gasteiger partial charge in [0.25, 0.3) is 0 Å². The Labute approximate surface area is 106 Å². The first-order chi connectivity index (χ1) is 8.22. The van der Waals surface area contributed by atoms with Crippen LogP contribution in [-0.2, 0) is 0 Å². The number of aromatic nitrogens is 1. The van der Waals surface area contributed by atoms with Crippen LogP contribution in [0.5, 0.6) is 0 Å². The lowest BCUT2D eigenvalue weighted by Crippen LogP contribution is -2.14. The highest BCUT2D eigenvalue weighted by Crippen LogP contribution is 2.10. The molecule has 0 saturated carbocycles. The molecule has 0 atom stereocenters. The van der Waals surface area contributed by atoms with E-state index < -0.39 is 0 Å². The number of rotatable bonds is 3. The number of allylic oxidation sites excluding steroid dienone is 1. The van der Waals surface area contributed by atoms with Gasteiger partial charge in [0.15, 0.2) is 4.80 Å². The molecule has 3 heteroatoms. The molecule has 0 aliphatic heterocycles. The predicted molar refractivity (Wildman–Crippen MR) is 73.4 cm³/mol. The number of aryl methyl sites for hydroxylation is 1. The third-order valence-corrected chi connectivity index (χ3v) is 3.50. The largest absolute Gasteiger partial charge is 0.290 e. The highest BCUT2D eigenvalue weighted by Gasteiger charge is 2.03. The standard InChI is InChI=1S/C14H16N2S/c1-4-11(2)15-14-16(12(3)10-17-14)13-8-6-5-7-9-13/h5-10H,2,4H2,1,3H3. The van der Waals surface area contributed by atoms with Crippen LogP contribution in [0.25, 0.3) is 5.69 Å². The van der Waals surface area contributed by atoms with E-state index in [1.165, 1.54) is 5.69 Å². The zero-order valence-corrected chi connectivity index (χ0v) is 11.0. The van der Waals surface area contributed by atoms with Gasteiger partial charge in [-0.05, 0) is 25.5 Å². The third kappa shape index (κ3) is 2.56. The summed E-state index contributed by atoms with van der Waals surface area (Å²) in [6.45, 7) is 8.10. The van der Waals surface area contributed by atoms with Gasteiger partial charge in [0.1, 0.15) is 0 Å². The zero-order valence-electron chi connectivity index (χ0n) is 10.2. The lowest BCUT2D eigenvalue weighted by Gasteiger charge is -2.05. The summed E-state index contributed by atoms with van der Waals surface area (Å²) in [6.07, 6.45) is 0.881. The van der Waals surface area contributed by atoms with Crippen molar-refractivity contribution in [2.24, 2.45) is 4.99 Å². The lowest BCUT2D eigenvalue weighted by molar-refractivity contribution is 0.926. The molecule has 0 saturated heterocycles. The van der Waals surface area contributed by atoms with Crippen molar-refractivity contribution in [2.75, 3.05) is 0 Å². The smallest absolute Gasteiger partial charge is 0.194 e. The fourth-order valence-corrected chi connectivity index (χ4v) is 2.49. The van der Waals surface area contributed by atoms with Crippen molar-refractivity contribution in [1.82, 2.24) is 4.57 Å². The molecule has 0 aliphatic carbocycles. The molecule has 1 heterocycles. The molecule has 2 aromatic rings. The van der Waals surface area contributed by atoms with Crippen molar-refractivity contribution in [2.45, 2.75) is 20.3 Å². The Bertz CT molecular complexity index is 576. The van der Waals surface area contributed by atoms with Crippen molar-refractivity contribution in [1.29, 1.82) is 0 Å². The molecule has 0 radical (unpaired) electrons. The Balaban J connectivity index is 2.59. The highest BCUT2D eigenvalue weighted by molar-refractivity contribution is 7.07. The van der Waals surface area contributed by atoms with Crippen LogP contribution >= 0.6 is 11.3 Å². The summed E-state index contributed by atoms with van der Waals surface area (Å²) >= 11 is 1.65. The van der Waals surface area contributed by atoms with Crippen LogP contribution < -0.4 is 4.80 Å². The summed E-state index contributed by atoms with van der Waals surface area (Å²) in [5.74, 6) is 0. The fraction of sp³-hybridized carbons (Fsp3) is 0.214. The number of benzene rings is 1. The monoisotopic (exact) mass is 244 g/mol. The van der Waals surface area contributed by atoms with E-state index in [1.807, 2.05) is 18.2 Å². The van der Waals surface area contributed by atoms with Gasteiger partial charge < -0.3 is 0 Å². The molecule has 2 rings (SSSR count). The maximum absolute atomic E-state index is 4.56. The van der Waals surface area contributed by atoms with E-state index in [0.29, 0.717) is 0 Å². The fourth-order valence-electron chi connectivity index (χ4n) is 1.58. The number of nitrogens with zero attached hydrogens (tertiary/aromatic N) is 2. The second kappa shape index (κ2) is 5.15. The van der Waals surface area contributed by atoms with Crippen LogP contribution in [0.2, 0.25) is 0 Å². The summed E-state index contributed by atoms with van der Waals surface area (Å²) in [5.41, 5.74) is 3.26. The number of hydrogen-bond acceptors (Lipinski definition) is 2. The van der Waals surface area contributed by atoms with Crippen LogP contribution in [0.4, 0.5) is 0 Å². The summed E-state index contributed by atoms with van der Waals surface area (Å²) in [7, 11) is 0. The molecular formula is C14H16N2S. The van der Waals surface area contributed by atoms with Crippen molar-refractivity contribution in [3.8, 4) is 5.69 Å². The first-order valence-corrected chi connectivity index (χ1v) is 6.55. The molecule has 1 aromatic heterocycles. The minimum absolute atomic E-state index is 0.881. The van der Waals surface area contributed by atoms with Gasteiger partial charge in [-0.3, -0.25) is 4.57 Å². The van der Waals surface area contributed by atoms with E-state index in [2.05, 4.69) is 47.5 Å². The van der Waals surface area contributed by atoms with Crippen molar-refractivity contribution < 1.29 is 0 Å². The first kappa shape index (κ1) is 11.9. The molecule has 0 amide bonds. The zero-order chi connectivity index (χ0) is 12.3. The first-order valence-electron chi connectivity index (χ1n) is 5.67. The van der Waals surface area contributed by atoms with Gasteiger partial charge in [-0.25, -0.2) is 4.99 Å². The van der Waals surface area contributed by atoms with Crippen LogP contribution in [0.15, 0.2) is 53.0 Å². The predicted octanol–water partition coefficient (Wildman–Crippen LogP) is 3.67. The second-order valence-corrected chi connectivity index (χ2v) is 4.70. The molecule has 0 N–H and O–H groups in total. The SMILES string of the molecule is C=C(CC)N=c1scc(C)n1-c1ccccc1. The molecule has 0 aliphatic rings. The maximum atomic E-state index is 4.56. The van der Waals surface area contributed by atoms with Crippen molar-refractivity contribution in [3.63, 3.8) is 0 Å². The molecule has 0 spiro atoms. The maximum Gasteiger partial charge on any atom is 0.194 e. The van der Waals surface area contributed by atoms with Crippen LogP contribution in [0, 0.1) is 6.92 Å². The van der Waals surface area contributed by atoms with E-state index in [9.17, 15) is 0 Å². The summed E-state index contributed by atoms with van der Waals surface area (Å²) in [4.78, 5) is 5.55. The molecule has 1 aromatic carbocycles. The van der Waals surface area contributed by atoms with Crippen LogP contribution in [-0.4, -0.2) is 4.57 Å². The lowest BCUT2D eigenvalue weighted by atomic mass is 10.3. The topological polar surface area (TPSA) is 17.3 Å². The van der Waals surface area contributed by atoms with Crippen LogP contribution in [0.1, 0.15) is 19.0 Å². The van der Waals surface area contributed by atoms with E-state index in [-0.39, 0.29) is 0 Å². The summed E-state index contributed by atoms with van der Waals surface area (Å²) in [6, 6.07) is 10.3. The van der Waals surface area contributed by atoms with Gasteiger partial charge in [0.2, 0.25) is 0 Å². The van der Waals surface area contributed by atoms with Gasteiger partial charge in [0, 0.05) is 22.5 Å². The Hall–Kier alpha value is -1.61. The minimum atomic E-state index is 0.881. The number of hydrogen-bond donors (Lipinski definition) is 0. The minimum Gasteiger partial charge on any atom is -0.290 e. The van der Waals surface area contributed by atoms with Gasteiger partial charge in [-0.15, -0.1) is 11.3 Å². The molecule has 17 heavy (non-hydrogen) atoms. The Kier molecular flexibility index (Phi) is 3.59. The molecular weight excluding hydrogens is 228 g/mol. The summed E-state index contributed by atoms with van der Waals surface area (Å²) in [5, 5.41) is 2.12. The quantitative estimate of drug-likeness (QED) is 0.784. The van der Waals surface area contributed by atoms with Crippen molar-refractivity contribution in [3.05, 3.63) is 58.5 Å². The number of thiazole rings is 1. The van der Waals surface area contributed by atoms with E-state index in [1.54, 1.807) is 11.3 Å². The second-order valence-electron chi connectivity index (χ2n) is 3.86. The Morgan fingerprint density at radius 1 is 1.35 bits per heavy atom. The van der Waals surface area contributed by atoms with E-state index in [4.69, 9.17) is 0 Å². The van der Waals surface area contributed by atoms with Crippen molar-refractivity contribution >= 4 is 11.3 Å². The van der Waals surface area contributed by atoms with Gasteiger partial charge in [-0.1, -0.05) is 31.7 Å². The van der Waals surface area contributed by atoms with E-state index >= 15 is 0 Å². The summed E-state index contributed by atoms with van der Waals surface area (Å²) < 4.78 is 2.16. The highest BCUT2D eigenvalue weighted by atomic mass is 32.1. The normalized spacial score (nSPS) is 11.8. The van der Waals surface area contributed by atoms with Gasteiger partial charge in [-0.2, -0.15) is 0 Å². The Morgan fingerprint density at radius 2 is 2.06 bits per heavy atom. The molecule has 0 fully saturated rings. The van der Waals surface area contributed by atoms with E-state index in [0.717, 1.165) is 22.6 Å². The molecule has 2 nitrogen and oxygen atoms in total. The van der Waals surface area contributed by atoms with Gasteiger partial charge in [0.05, 0.1) is 0 Å². The average Bonchev–Trinajstić information content (AvgIpc) is 2.71. The average molecular weight is 244 g/mol. The van der Waals surface area contributed by atoms with Crippen LogP contribution in [0.3, 0.4) is 0 Å². The Morgan fingerprint density at radius 3 is 2.71 bits per heavy atom. The molecule has 0 unspecified atom stereocenters. The van der Waals surface area contributed by atoms with Gasteiger partial charge >= 0.3 is 0 Å².